The zero-order chi connectivity index (χ0) is 23.8. The van der Waals surface area contributed by atoms with Gasteiger partial charge < -0.3 is 20.6 Å². The lowest BCUT2D eigenvalue weighted by Crippen LogP contribution is -2.28. The Morgan fingerprint density at radius 2 is 2.09 bits per heavy atom. The van der Waals surface area contributed by atoms with E-state index in [1.165, 1.54) is 4.90 Å². The summed E-state index contributed by atoms with van der Waals surface area (Å²) in [6.07, 6.45) is 1.65. The van der Waals surface area contributed by atoms with Crippen LogP contribution in [0.5, 0.6) is 0 Å². The Labute approximate surface area is 192 Å². The predicted molar refractivity (Wildman–Crippen MR) is 128 cm³/mol. The number of nitriles is 1. The first kappa shape index (κ1) is 22.2. The van der Waals surface area contributed by atoms with Crippen LogP contribution in [0.1, 0.15) is 34.0 Å². The summed E-state index contributed by atoms with van der Waals surface area (Å²) in [7, 11) is 3.43. The number of nitrogens with one attached hydrogen (secondary N) is 2. The molecule has 0 saturated carbocycles. The summed E-state index contributed by atoms with van der Waals surface area (Å²) in [4.78, 5) is 22.9. The Morgan fingerprint density at radius 3 is 2.79 bits per heavy atom. The number of aryl methyl sites for hydroxylation is 1. The summed E-state index contributed by atoms with van der Waals surface area (Å²) in [5, 5.41) is 26.1. The highest BCUT2D eigenvalue weighted by molar-refractivity contribution is 5.95. The van der Waals surface area contributed by atoms with Crippen molar-refractivity contribution >= 4 is 23.2 Å². The third-order valence-corrected chi connectivity index (χ3v) is 6.00. The second kappa shape index (κ2) is 8.52. The molecule has 0 radical (unpaired) electrons. The van der Waals surface area contributed by atoms with Crippen LogP contribution in [0.25, 0.3) is 11.3 Å². The van der Waals surface area contributed by atoms with Gasteiger partial charge in [-0.1, -0.05) is 13.0 Å². The van der Waals surface area contributed by atoms with Crippen LogP contribution in [0, 0.1) is 18.3 Å². The third kappa shape index (κ3) is 4.11. The van der Waals surface area contributed by atoms with Gasteiger partial charge in [0.1, 0.15) is 6.07 Å². The minimum atomic E-state index is -0.471. The van der Waals surface area contributed by atoms with Gasteiger partial charge in [0.05, 0.1) is 23.6 Å². The Bertz CT molecular complexity index is 1280. The standard InChI is InChI=1S/C25H26N6O2/c1-15-5-6-16(23(33)31(3)4)11-21(15)30-24-27-8-7-20(29-24)17-9-18(12-26)22-19(10-17)25(2,14-32)13-28-22/h5-11,28,32H,13-14H2,1-4H3,(H,27,29,30)/t25-/m1/s1. The fourth-order valence-corrected chi connectivity index (χ4v) is 3.91. The van der Waals surface area contributed by atoms with Crippen LogP contribution in [-0.2, 0) is 5.41 Å². The zero-order valence-electron chi connectivity index (χ0n) is 19.1. The van der Waals surface area contributed by atoms with Crippen molar-refractivity contribution in [1.29, 1.82) is 5.26 Å². The number of amides is 1. The number of anilines is 3. The van der Waals surface area contributed by atoms with Gasteiger partial charge in [0.2, 0.25) is 5.95 Å². The summed E-state index contributed by atoms with van der Waals surface area (Å²) >= 11 is 0. The zero-order valence-corrected chi connectivity index (χ0v) is 19.1. The summed E-state index contributed by atoms with van der Waals surface area (Å²) in [6.45, 7) is 4.45. The van der Waals surface area contributed by atoms with Gasteiger partial charge in [-0.3, -0.25) is 4.79 Å². The van der Waals surface area contributed by atoms with E-state index in [-0.39, 0.29) is 12.5 Å². The van der Waals surface area contributed by atoms with E-state index in [0.29, 0.717) is 29.3 Å². The number of carbonyl (C=O) groups excluding carboxylic acids is 1. The number of nitrogens with zero attached hydrogens (tertiary/aromatic N) is 4. The molecule has 3 aromatic rings. The molecule has 0 spiro atoms. The number of hydrogen-bond acceptors (Lipinski definition) is 7. The molecule has 0 unspecified atom stereocenters. The maximum Gasteiger partial charge on any atom is 0.253 e. The van der Waals surface area contributed by atoms with Crippen LogP contribution in [0.3, 0.4) is 0 Å². The van der Waals surface area contributed by atoms with Crippen LogP contribution in [-0.4, -0.2) is 53.1 Å². The largest absolute Gasteiger partial charge is 0.395 e. The van der Waals surface area contributed by atoms with Crippen molar-refractivity contribution in [3.63, 3.8) is 0 Å². The lowest BCUT2D eigenvalue weighted by molar-refractivity contribution is 0.0827. The van der Waals surface area contributed by atoms with Gasteiger partial charge >= 0.3 is 0 Å². The molecule has 1 aliphatic heterocycles. The SMILES string of the molecule is Cc1ccc(C(=O)N(C)C)cc1Nc1nccc(-c2cc(C#N)c3c(c2)[C@@](C)(CO)CN3)n1. The Hall–Kier alpha value is -3.96. The lowest BCUT2D eigenvalue weighted by Gasteiger charge is -2.21. The molecule has 2 heterocycles. The van der Waals surface area contributed by atoms with E-state index in [4.69, 9.17) is 0 Å². The van der Waals surface area contributed by atoms with Crippen molar-refractivity contribution in [3.05, 3.63) is 64.8 Å². The minimum Gasteiger partial charge on any atom is -0.395 e. The topological polar surface area (TPSA) is 114 Å². The summed E-state index contributed by atoms with van der Waals surface area (Å²) < 4.78 is 0. The number of fused-ring (bicyclic) bond motifs is 1. The number of aliphatic hydroxyl groups is 1. The van der Waals surface area contributed by atoms with E-state index in [1.54, 1.807) is 44.6 Å². The van der Waals surface area contributed by atoms with Crippen molar-refractivity contribution in [2.75, 3.05) is 37.9 Å². The predicted octanol–water partition coefficient (Wildman–Crippen LogP) is 3.44. The second-order valence-corrected chi connectivity index (χ2v) is 8.75. The van der Waals surface area contributed by atoms with Gasteiger partial charge in [-0.2, -0.15) is 5.26 Å². The number of carbonyl (C=O) groups is 1. The quantitative estimate of drug-likeness (QED) is 0.554. The molecule has 1 aromatic heterocycles. The van der Waals surface area contributed by atoms with Crippen LogP contribution in [0.15, 0.2) is 42.6 Å². The first-order chi connectivity index (χ1) is 15.8. The Balaban J connectivity index is 1.71. The molecule has 8 nitrogen and oxygen atoms in total. The molecule has 33 heavy (non-hydrogen) atoms. The maximum atomic E-state index is 12.3. The molecule has 1 amide bonds. The average Bonchev–Trinajstić information content (AvgIpc) is 3.16. The van der Waals surface area contributed by atoms with Crippen LogP contribution < -0.4 is 10.6 Å². The molecule has 0 aliphatic carbocycles. The third-order valence-electron chi connectivity index (χ3n) is 6.00. The smallest absolute Gasteiger partial charge is 0.253 e. The summed E-state index contributed by atoms with van der Waals surface area (Å²) in [5.74, 6) is 0.294. The molecule has 4 rings (SSSR count). The first-order valence-corrected chi connectivity index (χ1v) is 10.6. The molecular weight excluding hydrogens is 416 g/mol. The number of aliphatic hydroxyl groups excluding tert-OH is 1. The van der Waals surface area contributed by atoms with Gasteiger partial charge in [-0.25, -0.2) is 9.97 Å². The number of benzene rings is 2. The monoisotopic (exact) mass is 442 g/mol. The van der Waals surface area contributed by atoms with Gasteiger partial charge in [-0.15, -0.1) is 0 Å². The molecule has 0 saturated heterocycles. The molecule has 3 N–H and O–H groups in total. The van der Waals surface area contributed by atoms with Gasteiger partial charge in [0.25, 0.3) is 5.91 Å². The van der Waals surface area contributed by atoms with Crippen LogP contribution in [0.4, 0.5) is 17.3 Å². The highest BCUT2D eigenvalue weighted by Gasteiger charge is 2.36. The lowest BCUT2D eigenvalue weighted by atomic mass is 9.83. The number of aromatic nitrogens is 2. The molecule has 0 bridgehead atoms. The molecule has 1 aliphatic rings. The van der Waals surface area contributed by atoms with Gasteiger partial charge in [0.15, 0.2) is 0 Å². The normalized spacial score (nSPS) is 16.5. The van der Waals surface area contributed by atoms with Crippen molar-refractivity contribution in [2.24, 2.45) is 0 Å². The van der Waals surface area contributed by atoms with E-state index >= 15 is 0 Å². The number of rotatable bonds is 5. The fraction of sp³-hybridized carbons (Fsp3) is 0.280. The van der Waals surface area contributed by atoms with Crippen molar-refractivity contribution in [2.45, 2.75) is 19.3 Å². The molecule has 2 aromatic carbocycles. The first-order valence-electron chi connectivity index (χ1n) is 10.6. The molecular formula is C25H26N6O2. The van der Waals surface area contributed by atoms with Crippen LogP contribution >= 0.6 is 0 Å². The van der Waals surface area contributed by atoms with E-state index < -0.39 is 5.41 Å². The minimum absolute atomic E-state index is 0.0286. The Kier molecular flexibility index (Phi) is 5.75. The molecule has 168 valence electrons. The van der Waals surface area contributed by atoms with Gasteiger partial charge in [0, 0.05) is 49.1 Å². The highest BCUT2D eigenvalue weighted by atomic mass is 16.3. The number of hydrogen-bond donors (Lipinski definition) is 3. The highest BCUT2D eigenvalue weighted by Crippen LogP contribution is 2.41. The van der Waals surface area contributed by atoms with E-state index in [2.05, 4.69) is 26.7 Å². The van der Waals surface area contributed by atoms with Gasteiger partial charge in [-0.05, 0) is 48.4 Å². The maximum absolute atomic E-state index is 12.3. The van der Waals surface area contributed by atoms with E-state index in [1.807, 2.05) is 26.0 Å². The Morgan fingerprint density at radius 1 is 1.30 bits per heavy atom. The fourth-order valence-electron chi connectivity index (χ4n) is 3.91. The van der Waals surface area contributed by atoms with E-state index in [9.17, 15) is 15.2 Å². The summed E-state index contributed by atoms with van der Waals surface area (Å²) in [6, 6.07) is 13.3. The van der Waals surface area contributed by atoms with Crippen molar-refractivity contribution in [3.8, 4) is 17.3 Å². The molecule has 1 atom stereocenters. The summed E-state index contributed by atoms with van der Waals surface area (Å²) in [5.41, 5.74) is 5.39. The molecule has 8 heteroatoms. The van der Waals surface area contributed by atoms with Crippen molar-refractivity contribution < 1.29 is 9.90 Å². The van der Waals surface area contributed by atoms with E-state index in [0.717, 1.165) is 28.1 Å². The van der Waals surface area contributed by atoms with Crippen molar-refractivity contribution in [1.82, 2.24) is 14.9 Å². The van der Waals surface area contributed by atoms with Crippen LogP contribution in [0.2, 0.25) is 0 Å². The average molecular weight is 443 g/mol. The molecule has 0 fully saturated rings. The second-order valence-electron chi connectivity index (χ2n) is 8.75.